The highest BCUT2D eigenvalue weighted by Crippen LogP contribution is 2.33. The third-order valence-electron chi connectivity index (χ3n) is 7.88. The molecule has 1 aromatic heterocycles. The van der Waals surface area contributed by atoms with E-state index >= 15 is 0 Å². The van der Waals surface area contributed by atoms with Crippen LogP contribution >= 0.6 is 0 Å². The summed E-state index contributed by atoms with van der Waals surface area (Å²) in [7, 11) is -3.14. The number of benzene rings is 3. The lowest BCUT2D eigenvalue weighted by Crippen LogP contribution is -2.56. The van der Waals surface area contributed by atoms with Crippen LogP contribution in [0.1, 0.15) is 30.6 Å². The Morgan fingerprint density at radius 1 is 1.09 bits per heavy atom. The smallest absolute Gasteiger partial charge is 0.321 e. The normalized spacial score (nSPS) is 20.1. The van der Waals surface area contributed by atoms with Crippen molar-refractivity contribution in [2.45, 2.75) is 50.5 Å². The Labute approximate surface area is 263 Å². The zero-order chi connectivity index (χ0) is 32.6. The average Bonchev–Trinajstić information content (AvgIpc) is 3.60. The van der Waals surface area contributed by atoms with E-state index in [1.807, 2.05) is 0 Å². The van der Waals surface area contributed by atoms with Gasteiger partial charge in [-0.3, -0.25) is 9.59 Å². The van der Waals surface area contributed by atoms with Crippen LogP contribution in [0.4, 0.5) is 8.78 Å². The summed E-state index contributed by atoms with van der Waals surface area (Å²) in [5.41, 5.74) is 1.66. The molecule has 2 aliphatic rings. The molecule has 6 rings (SSSR count). The zero-order valence-corrected chi connectivity index (χ0v) is 25.8. The van der Waals surface area contributed by atoms with E-state index < -0.39 is 46.0 Å². The molecule has 1 unspecified atom stereocenters. The molecule has 3 aromatic carbocycles. The predicted octanol–water partition coefficient (Wildman–Crippen LogP) is 3.69. The van der Waals surface area contributed by atoms with E-state index in [1.54, 1.807) is 84.5 Å². The first kappa shape index (κ1) is 31.3. The Balaban J connectivity index is 1.23. The molecule has 14 heteroatoms. The molecular weight excluding hydrogens is 622 g/mol. The number of sulfone groups is 1. The molecule has 0 bridgehead atoms. The minimum atomic E-state index is -3.59. The highest BCUT2D eigenvalue weighted by Gasteiger charge is 2.39. The molecule has 0 saturated carbocycles. The van der Waals surface area contributed by atoms with Crippen LogP contribution in [0.15, 0.2) is 72.9 Å². The summed E-state index contributed by atoms with van der Waals surface area (Å²) in [6.07, 6.45) is 0.336. The van der Waals surface area contributed by atoms with Crippen molar-refractivity contribution in [1.29, 1.82) is 0 Å². The first-order valence-electron chi connectivity index (χ1n) is 14.7. The molecule has 2 aliphatic heterocycles. The Bertz CT molecular complexity index is 1890. The molecule has 3 heterocycles. The molecule has 0 spiro atoms. The topological polar surface area (TPSA) is 138 Å². The van der Waals surface area contributed by atoms with Gasteiger partial charge in [0.2, 0.25) is 0 Å². The maximum absolute atomic E-state index is 13.7. The van der Waals surface area contributed by atoms with Crippen LogP contribution < -0.4 is 24.8 Å². The molecule has 242 valence electrons. The number of alkyl halides is 2. The first-order chi connectivity index (χ1) is 21.9. The van der Waals surface area contributed by atoms with Gasteiger partial charge in [-0.05, 0) is 61.9 Å². The van der Waals surface area contributed by atoms with Crippen LogP contribution in [0.5, 0.6) is 17.2 Å². The Morgan fingerprint density at radius 3 is 2.61 bits per heavy atom. The van der Waals surface area contributed by atoms with Gasteiger partial charge in [0.1, 0.15) is 12.4 Å². The van der Waals surface area contributed by atoms with E-state index in [1.165, 1.54) is 0 Å². The van der Waals surface area contributed by atoms with Gasteiger partial charge in [-0.25, -0.2) is 13.1 Å². The van der Waals surface area contributed by atoms with Crippen molar-refractivity contribution in [3.05, 3.63) is 78.5 Å². The molecule has 0 radical (unpaired) electrons. The van der Waals surface area contributed by atoms with Crippen LogP contribution in [-0.4, -0.2) is 78.3 Å². The van der Waals surface area contributed by atoms with Gasteiger partial charge in [-0.15, -0.1) is 0 Å². The van der Waals surface area contributed by atoms with Gasteiger partial charge in [0.25, 0.3) is 11.8 Å². The fourth-order valence-electron chi connectivity index (χ4n) is 5.52. The summed E-state index contributed by atoms with van der Waals surface area (Å²) >= 11 is 0. The van der Waals surface area contributed by atoms with Gasteiger partial charge in [-0.1, -0.05) is 18.2 Å². The van der Waals surface area contributed by atoms with E-state index in [4.69, 9.17) is 14.2 Å². The van der Waals surface area contributed by atoms with Crippen molar-refractivity contribution in [3.63, 3.8) is 0 Å². The molecule has 2 N–H and O–H groups in total. The second kappa shape index (κ2) is 12.2. The summed E-state index contributed by atoms with van der Waals surface area (Å²) in [5.74, 6) is -4.03. The number of hydrogen-bond donors (Lipinski definition) is 2. The number of nitrogens with zero attached hydrogens (tertiary/aromatic N) is 2. The number of carbonyl (C=O) groups is 2. The number of carbonyl (C=O) groups excluding carboxylic acids is 2. The summed E-state index contributed by atoms with van der Waals surface area (Å²) < 4.78 is 71.0. The van der Waals surface area contributed by atoms with Crippen molar-refractivity contribution in [2.24, 2.45) is 0 Å². The van der Waals surface area contributed by atoms with Gasteiger partial charge < -0.3 is 24.8 Å². The minimum Gasteiger partial charge on any atom is -0.486 e. The molecule has 4 atom stereocenters. The van der Waals surface area contributed by atoms with E-state index in [2.05, 4.69) is 15.7 Å². The van der Waals surface area contributed by atoms with Gasteiger partial charge in [0.15, 0.2) is 33.5 Å². The van der Waals surface area contributed by atoms with Crippen LogP contribution in [0.3, 0.4) is 0 Å². The van der Waals surface area contributed by atoms with E-state index in [0.29, 0.717) is 52.7 Å². The van der Waals surface area contributed by atoms with Crippen LogP contribution in [-0.2, 0) is 14.6 Å². The molecule has 46 heavy (non-hydrogen) atoms. The van der Waals surface area contributed by atoms with Crippen molar-refractivity contribution >= 4 is 32.6 Å². The second-order valence-corrected chi connectivity index (χ2v) is 13.8. The number of rotatable bonds is 9. The number of nitrogens with one attached hydrogen (secondary N) is 2. The molecule has 1 saturated heterocycles. The van der Waals surface area contributed by atoms with Gasteiger partial charge >= 0.3 is 5.92 Å². The molecular formula is C32H32F2N4O7S. The fraction of sp³-hybridized carbons (Fsp3) is 0.344. The number of halogens is 2. The monoisotopic (exact) mass is 654 g/mol. The molecule has 11 nitrogen and oxygen atoms in total. The number of ether oxygens (including phenoxy) is 3. The van der Waals surface area contributed by atoms with Crippen molar-refractivity contribution in [3.8, 4) is 22.9 Å². The van der Waals surface area contributed by atoms with Crippen LogP contribution in [0.25, 0.3) is 16.6 Å². The maximum Gasteiger partial charge on any atom is 0.321 e. The summed E-state index contributed by atoms with van der Waals surface area (Å²) in [6, 6.07) is 17.7. The zero-order valence-electron chi connectivity index (χ0n) is 25.0. The molecule has 2 amide bonds. The Hall–Kier alpha value is -4.72. The first-order valence-corrected chi connectivity index (χ1v) is 16.5. The van der Waals surface area contributed by atoms with Crippen LogP contribution in [0, 0.1) is 0 Å². The highest BCUT2D eigenvalue weighted by molar-refractivity contribution is 7.91. The van der Waals surface area contributed by atoms with Gasteiger partial charge in [0.05, 0.1) is 34.9 Å². The maximum atomic E-state index is 13.7. The fourth-order valence-corrected chi connectivity index (χ4v) is 7.19. The SMILES string of the molecule is C[C@H](NC(=O)C(C)(F)F)[C@@H](Oc1ccc2c(cnn2-c2cccc(C(=O)N[C@H]3CCS(=O)(=O)C3)c2)c1)C1COc2ccccc2O1. The van der Waals surface area contributed by atoms with Gasteiger partial charge in [0, 0.05) is 23.9 Å². The quantitative estimate of drug-likeness (QED) is 0.279. The molecule has 0 aliphatic carbocycles. The lowest BCUT2D eigenvalue weighted by molar-refractivity contribution is -0.145. The van der Waals surface area contributed by atoms with Crippen molar-refractivity contribution < 1.29 is 41.0 Å². The van der Waals surface area contributed by atoms with Crippen molar-refractivity contribution in [1.82, 2.24) is 20.4 Å². The van der Waals surface area contributed by atoms with Crippen LogP contribution in [0.2, 0.25) is 0 Å². The Kier molecular flexibility index (Phi) is 8.32. The summed E-state index contributed by atoms with van der Waals surface area (Å²) in [5, 5.41) is 10.3. The second-order valence-electron chi connectivity index (χ2n) is 11.5. The minimum absolute atomic E-state index is 0.0569. The predicted molar refractivity (Wildman–Crippen MR) is 165 cm³/mol. The highest BCUT2D eigenvalue weighted by atomic mass is 32.2. The van der Waals surface area contributed by atoms with Gasteiger partial charge in [-0.2, -0.15) is 13.9 Å². The van der Waals surface area contributed by atoms with E-state index in [0.717, 1.165) is 0 Å². The largest absolute Gasteiger partial charge is 0.486 e. The van der Waals surface area contributed by atoms with E-state index in [9.17, 15) is 26.8 Å². The Morgan fingerprint density at radius 2 is 1.87 bits per heavy atom. The third-order valence-corrected chi connectivity index (χ3v) is 9.65. The number of aromatic nitrogens is 2. The lowest BCUT2D eigenvalue weighted by Gasteiger charge is -2.35. The molecule has 4 aromatic rings. The number of hydrogen-bond acceptors (Lipinski definition) is 8. The number of amides is 2. The van der Waals surface area contributed by atoms with E-state index in [-0.39, 0.29) is 24.0 Å². The summed E-state index contributed by atoms with van der Waals surface area (Å²) in [6.45, 7) is 2.14. The molecule has 1 fully saturated rings. The number of fused-ring (bicyclic) bond motifs is 2. The third kappa shape index (κ3) is 6.76. The van der Waals surface area contributed by atoms with Crippen molar-refractivity contribution in [2.75, 3.05) is 18.1 Å². The average molecular weight is 655 g/mol. The standard InChI is InChI=1S/C32H32F2N4O7S/c1-19(36-31(40)32(2,33)34)29(28-17-43-26-8-3-4-9-27(26)45-28)44-24-10-11-25-21(15-24)16-35-38(25)23-7-5-6-20(14-23)30(39)37-22-12-13-46(41,42)18-22/h3-11,14-16,19,22,28-29H,12-13,17-18H2,1-2H3,(H,36,40)(H,37,39)/t19-,22-,28?,29+/m0/s1. The lowest BCUT2D eigenvalue weighted by atomic mass is 10.1. The number of para-hydroxylation sites is 2. The summed E-state index contributed by atoms with van der Waals surface area (Å²) in [4.78, 5) is 25.0.